The van der Waals surface area contributed by atoms with Crippen molar-refractivity contribution >= 4 is 29.1 Å². The smallest absolute Gasteiger partial charge is 0.406 e. The van der Waals surface area contributed by atoms with Crippen molar-refractivity contribution in [1.82, 2.24) is 4.90 Å². The first kappa shape index (κ1) is 27.7. The monoisotopic (exact) mass is 550 g/mol. The number of hydrogen-bond donors (Lipinski definition) is 1. The van der Waals surface area contributed by atoms with Crippen LogP contribution in [0, 0.1) is 31.5 Å². The first-order valence-electron chi connectivity index (χ1n) is 12.2. The summed E-state index contributed by atoms with van der Waals surface area (Å²) in [5.74, 6) is -3.14. The van der Waals surface area contributed by atoms with Crippen molar-refractivity contribution in [2.75, 3.05) is 11.9 Å². The zero-order chi connectivity index (χ0) is 27.6. The molecule has 0 radical (unpaired) electrons. The Hall–Kier alpha value is -3.33. The molecule has 10 heteroatoms. The molecule has 1 N–H and O–H groups in total. The second kappa shape index (κ2) is 11.2. The highest BCUT2D eigenvalue weighted by Crippen LogP contribution is 2.37. The highest BCUT2D eigenvalue weighted by atomic mass is 35.5. The Balaban J connectivity index is 1.66. The third-order valence-electron chi connectivity index (χ3n) is 6.93. The normalized spacial score (nSPS) is 21.6. The standard InChI is InChI=1S/C28H27ClF4N2O3/c1-16-8-11-19(15-22(16)29)34-26(36)21-6-4-14-35(27(37)24-17(2)5-3-7-23(24)30)25(21)18-9-12-20(13-10-18)38-28(31,32)33/h3,5,7-9,11-13,15,18,21,25H,4,6,10,14H2,1-2H3,(H,34,36)/t18?,21-,25-/m0/s1. The van der Waals surface area contributed by atoms with Crippen LogP contribution in [0.2, 0.25) is 5.02 Å². The van der Waals surface area contributed by atoms with Gasteiger partial charge in [0, 0.05) is 23.2 Å². The molecule has 0 aromatic heterocycles. The minimum absolute atomic E-state index is 0.0831. The summed E-state index contributed by atoms with van der Waals surface area (Å²) in [5.41, 5.74) is 1.70. The third-order valence-corrected chi connectivity index (χ3v) is 7.34. The summed E-state index contributed by atoms with van der Waals surface area (Å²) in [7, 11) is 0. The summed E-state index contributed by atoms with van der Waals surface area (Å²) in [5, 5.41) is 3.34. The molecular weight excluding hydrogens is 524 g/mol. The van der Waals surface area contributed by atoms with Gasteiger partial charge in [0.2, 0.25) is 5.91 Å². The van der Waals surface area contributed by atoms with Crippen LogP contribution < -0.4 is 5.32 Å². The van der Waals surface area contributed by atoms with E-state index in [-0.39, 0.29) is 30.2 Å². The van der Waals surface area contributed by atoms with Crippen molar-refractivity contribution in [3.05, 3.63) is 87.9 Å². The molecule has 1 fully saturated rings. The molecule has 0 spiro atoms. The van der Waals surface area contributed by atoms with Gasteiger partial charge in [-0.3, -0.25) is 9.59 Å². The number of alkyl halides is 3. The molecule has 1 saturated heterocycles. The number of amides is 2. The molecular formula is C28H27ClF4N2O3. The fourth-order valence-electron chi connectivity index (χ4n) is 5.10. The van der Waals surface area contributed by atoms with Crippen molar-refractivity contribution in [3.8, 4) is 0 Å². The first-order chi connectivity index (χ1) is 17.9. The molecule has 38 heavy (non-hydrogen) atoms. The highest BCUT2D eigenvalue weighted by molar-refractivity contribution is 6.31. The largest absolute Gasteiger partial charge is 0.573 e. The van der Waals surface area contributed by atoms with Crippen molar-refractivity contribution < 1.29 is 31.9 Å². The lowest BCUT2D eigenvalue weighted by Gasteiger charge is -2.44. The maximum atomic E-state index is 14.8. The van der Waals surface area contributed by atoms with Gasteiger partial charge in [-0.1, -0.05) is 35.9 Å². The Morgan fingerprint density at radius 1 is 1.13 bits per heavy atom. The van der Waals surface area contributed by atoms with E-state index in [1.165, 1.54) is 35.3 Å². The van der Waals surface area contributed by atoms with E-state index in [4.69, 9.17) is 11.6 Å². The minimum atomic E-state index is -4.84. The molecule has 2 amide bonds. The topological polar surface area (TPSA) is 58.6 Å². The molecule has 3 atom stereocenters. The lowest BCUT2D eigenvalue weighted by atomic mass is 9.77. The Bertz CT molecular complexity index is 1270. The van der Waals surface area contributed by atoms with E-state index in [1.54, 1.807) is 31.2 Å². The molecule has 1 aliphatic carbocycles. The van der Waals surface area contributed by atoms with Crippen LogP contribution in [0.15, 0.2) is 60.4 Å². The van der Waals surface area contributed by atoms with E-state index in [0.717, 1.165) is 5.56 Å². The van der Waals surface area contributed by atoms with Crippen molar-refractivity contribution in [2.45, 2.75) is 45.5 Å². The summed E-state index contributed by atoms with van der Waals surface area (Å²) in [6.45, 7) is 3.74. The predicted octanol–water partition coefficient (Wildman–Crippen LogP) is 6.95. The third kappa shape index (κ3) is 6.20. The van der Waals surface area contributed by atoms with Crippen LogP contribution in [0.5, 0.6) is 0 Å². The lowest BCUT2D eigenvalue weighted by molar-refractivity contribution is -0.303. The van der Waals surface area contributed by atoms with Crippen LogP contribution in [0.25, 0.3) is 0 Å². The number of benzene rings is 2. The number of likely N-dealkylation sites (tertiary alicyclic amines) is 1. The lowest BCUT2D eigenvalue weighted by Crippen LogP contribution is -2.55. The quantitative estimate of drug-likeness (QED) is 0.410. The van der Waals surface area contributed by atoms with Crippen LogP contribution in [0.3, 0.4) is 0 Å². The maximum absolute atomic E-state index is 14.8. The van der Waals surface area contributed by atoms with Gasteiger partial charge in [0.25, 0.3) is 5.91 Å². The molecule has 1 aliphatic heterocycles. The number of anilines is 1. The molecule has 2 aromatic rings. The number of carbonyl (C=O) groups excluding carboxylic acids is 2. The molecule has 0 bridgehead atoms. The van der Waals surface area contributed by atoms with E-state index in [2.05, 4.69) is 10.1 Å². The van der Waals surface area contributed by atoms with Gasteiger partial charge in [-0.2, -0.15) is 0 Å². The summed E-state index contributed by atoms with van der Waals surface area (Å²) in [6.07, 6.45) is 0.213. The number of nitrogens with zero attached hydrogens (tertiary/aromatic N) is 1. The van der Waals surface area contributed by atoms with Gasteiger partial charge >= 0.3 is 6.36 Å². The van der Waals surface area contributed by atoms with E-state index in [9.17, 15) is 27.2 Å². The van der Waals surface area contributed by atoms with E-state index < -0.39 is 36.0 Å². The Labute approximate surface area is 223 Å². The maximum Gasteiger partial charge on any atom is 0.573 e. The van der Waals surface area contributed by atoms with Crippen LogP contribution in [0.1, 0.15) is 40.7 Å². The summed E-state index contributed by atoms with van der Waals surface area (Å²) in [6, 6.07) is 8.73. The summed E-state index contributed by atoms with van der Waals surface area (Å²) >= 11 is 6.21. The Kier molecular flexibility index (Phi) is 8.16. The zero-order valence-corrected chi connectivity index (χ0v) is 21.6. The Morgan fingerprint density at radius 3 is 2.53 bits per heavy atom. The number of ether oxygens (including phenoxy) is 1. The second-order valence-electron chi connectivity index (χ2n) is 9.54. The number of piperidine rings is 1. The van der Waals surface area contributed by atoms with Crippen molar-refractivity contribution in [1.29, 1.82) is 0 Å². The highest BCUT2D eigenvalue weighted by Gasteiger charge is 2.43. The van der Waals surface area contributed by atoms with Gasteiger partial charge in [0.15, 0.2) is 0 Å². The van der Waals surface area contributed by atoms with Crippen LogP contribution in [0.4, 0.5) is 23.2 Å². The number of nitrogens with one attached hydrogen (secondary N) is 1. The molecule has 5 nitrogen and oxygen atoms in total. The van der Waals surface area contributed by atoms with Crippen LogP contribution in [-0.4, -0.2) is 35.7 Å². The van der Waals surface area contributed by atoms with Crippen LogP contribution in [-0.2, 0) is 9.53 Å². The average molecular weight is 551 g/mol. The molecule has 2 aromatic carbocycles. The van der Waals surface area contributed by atoms with Gasteiger partial charge in [-0.05, 0) is 74.6 Å². The number of allylic oxidation sites excluding steroid dienone is 2. The van der Waals surface area contributed by atoms with E-state index in [0.29, 0.717) is 29.1 Å². The number of halogens is 5. The zero-order valence-electron chi connectivity index (χ0n) is 20.8. The summed E-state index contributed by atoms with van der Waals surface area (Å²) < 4.78 is 56.9. The number of carbonyl (C=O) groups is 2. The fraction of sp³-hybridized carbons (Fsp3) is 0.357. The SMILES string of the molecule is Cc1ccc(NC(=O)[C@H]2CCCN(C(=O)c3c(C)cccc3F)[C@H]2C2C=CC(OC(F)(F)F)=CC2)cc1Cl. The minimum Gasteiger partial charge on any atom is -0.406 e. The molecule has 1 unspecified atom stereocenters. The summed E-state index contributed by atoms with van der Waals surface area (Å²) in [4.78, 5) is 28.7. The van der Waals surface area contributed by atoms with Crippen LogP contribution >= 0.6 is 11.6 Å². The predicted molar refractivity (Wildman–Crippen MR) is 136 cm³/mol. The van der Waals surface area contributed by atoms with Gasteiger partial charge in [0.05, 0.1) is 17.5 Å². The van der Waals surface area contributed by atoms with Gasteiger partial charge in [-0.25, -0.2) is 4.39 Å². The van der Waals surface area contributed by atoms with Gasteiger partial charge in [-0.15, -0.1) is 13.2 Å². The molecule has 0 saturated carbocycles. The van der Waals surface area contributed by atoms with Crippen molar-refractivity contribution in [3.63, 3.8) is 0 Å². The average Bonchev–Trinajstić information content (AvgIpc) is 2.85. The van der Waals surface area contributed by atoms with Gasteiger partial charge < -0.3 is 15.0 Å². The molecule has 2 aliphatic rings. The molecule has 202 valence electrons. The molecule has 1 heterocycles. The number of hydrogen-bond acceptors (Lipinski definition) is 3. The van der Waals surface area contributed by atoms with Gasteiger partial charge in [0.1, 0.15) is 11.6 Å². The number of aryl methyl sites for hydroxylation is 2. The van der Waals surface area contributed by atoms with E-state index in [1.807, 2.05) is 6.92 Å². The molecule has 4 rings (SSSR count). The number of rotatable bonds is 5. The van der Waals surface area contributed by atoms with Crippen molar-refractivity contribution in [2.24, 2.45) is 11.8 Å². The van der Waals surface area contributed by atoms with E-state index >= 15 is 0 Å². The Morgan fingerprint density at radius 2 is 1.89 bits per heavy atom. The fourth-order valence-corrected chi connectivity index (χ4v) is 5.28. The first-order valence-corrected chi connectivity index (χ1v) is 12.6. The second-order valence-corrected chi connectivity index (χ2v) is 9.94.